The molecular formula is C13H17NO7. The predicted octanol–water partition coefficient (Wildman–Crippen LogP) is -0.105. The molecule has 21 heavy (non-hydrogen) atoms. The number of hydrogen-bond donors (Lipinski definition) is 3. The molecule has 0 saturated carbocycles. The molecule has 1 aliphatic rings. The number of benzene rings is 1. The van der Waals surface area contributed by atoms with Crippen molar-refractivity contribution < 1.29 is 29.7 Å². The number of nitro groups is 1. The summed E-state index contributed by atoms with van der Waals surface area (Å²) in [7, 11) is 1.30. The predicted molar refractivity (Wildman–Crippen MR) is 70.4 cm³/mol. The van der Waals surface area contributed by atoms with Gasteiger partial charge in [0.15, 0.2) is 0 Å². The van der Waals surface area contributed by atoms with Crippen LogP contribution in [0.2, 0.25) is 0 Å². The molecule has 0 spiro atoms. The zero-order valence-electron chi connectivity index (χ0n) is 11.5. The van der Waals surface area contributed by atoms with Gasteiger partial charge in [0, 0.05) is 24.8 Å². The molecule has 0 bridgehead atoms. The Morgan fingerprint density at radius 3 is 2.38 bits per heavy atom. The first-order valence-electron chi connectivity index (χ1n) is 6.35. The summed E-state index contributed by atoms with van der Waals surface area (Å²) >= 11 is 0. The van der Waals surface area contributed by atoms with E-state index >= 15 is 0 Å². The highest BCUT2D eigenvalue weighted by atomic mass is 16.7. The van der Waals surface area contributed by atoms with Crippen LogP contribution >= 0.6 is 0 Å². The summed E-state index contributed by atoms with van der Waals surface area (Å²) in [6, 6.07) is 4.97. The van der Waals surface area contributed by atoms with E-state index < -0.39 is 35.1 Å². The zero-order valence-corrected chi connectivity index (χ0v) is 11.5. The molecule has 0 amide bonds. The van der Waals surface area contributed by atoms with E-state index in [4.69, 9.17) is 9.47 Å². The van der Waals surface area contributed by atoms with E-state index in [2.05, 4.69) is 0 Å². The van der Waals surface area contributed by atoms with Gasteiger partial charge in [0.05, 0.1) is 11.0 Å². The highest BCUT2D eigenvalue weighted by Crippen LogP contribution is 2.37. The van der Waals surface area contributed by atoms with Crippen LogP contribution in [-0.4, -0.2) is 51.8 Å². The number of methoxy groups -OCH3 is 1. The first kappa shape index (κ1) is 15.8. The summed E-state index contributed by atoms with van der Waals surface area (Å²) < 4.78 is 10.3. The van der Waals surface area contributed by atoms with Crippen molar-refractivity contribution in [2.75, 3.05) is 7.11 Å². The first-order chi connectivity index (χ1) is 9.81. The fraction of sp³-hybridized carbons (Fsp3) is 0.538. The summed E-state index contributed by atoms with van der Waals surface area (Å²) in [6.45, 7) is 1.53. The minimum Gasteiger partial charge on any atom is -0.388 e. The van der Waals surface area contributed by atoms with E-state index in [1.807, 2.05) is 0 Å². The van der Waals surface area contributed by atoms with Gasteiger partial charge < -0.3 is 24.8 Å². The highest BCUT2D eigenvalue weighted by molar-refractivity contribution is 5.35. The molecule has 3 N–H and O–H groups in total. The van der Waals surface area contributed by atoms with Crippen molar-refractivity contribution in [2.24, 2.45) is 0 Å². The molecule has 1 aromatic rings. The second-order valence-electron chi connectivity index (χ2n) is 4.96. The number of rotatable bonds is 3. The third kappa shape index (κ3) is 2.63. The third-order valence-electron chi connectivity index (χ3n) is 3.66. The van der Waals surface area contributed by atoms with Crippen LogP contribution in [0, 0.1) is 10.1 Å². The van der Waals surface area contributed by atoms with Crippen molar-refractivity contribution in [1.82, 2.24) is 0 Å². The maximum atomic E-state index is 10.6. The van der Waals surface area contributed by atoms with Crippen LogP contribution < -0.4 is 0 Å². The molecular weight excluding hydrogens is 282 g/mol. The monoisotopic (exact) mass is 299 g/mol. The summed E-state index contributed by atoms with van der Waals surface area (Å²) in [5.41, 5.74) is -0.00887. The Hall–Kier alpha value is -1.58. The molecule has 1 saturated heterocycles. The molecule has 1 aliphatic heterocycles. The second-order valence-corrected chi connectivity index (χ2v) is 4.96. The molecule has 116 valence electrons. The van der Waals surface area contributed by atoms with Crippen LogP contribution in [0.3, 0.4) is 0 Å². The van der Waals surface area contributed by atoms with Crippen LogP contribution in [0.4, 0.5) is 5.69 Å². The summed E-state index contributed by atoms with van der Waals surface area (Å²) in [4.78, 5) is 10.1. The highest BCUT2D eigenvalue weighted by Gasteiger charge is 2.53. The van der Waals surface area contributed by atoms with Gasteiger partial charge in [0.25, 0.3) is 5.69 Å². The summed E-state index contributed by atoms with van der Waals surface area (Å²) in [5, 5.41) is 41.3. The number of non-ortho nitro benzene ring substituents is 1. The Morgan fingerprint density at radius 1 is 1.33 bits per heavy atom. The Bertz CT molecular complexity index is 520. The maximum absolute atomic E-state index is 10.6. The Kier molecular flexibility index (Phi) is 4.26. The van der Waals surface area contributed by atoms with Crippen molar-refractivity contribution in [3.63, 3.8) is 0 Å². The Labute approximate surface area is 120 Å². The van der Waals surface area contributed by atoms with Gasteiger partial charge in [-0.05, 0) is 19.1 Å². The molecule has 1 fully saturated rings. The minimum atomic E-state index is -2.12. The van der Waals surface area contributed by atoms with Crippen LogP contribution in [0.25, 0.3) is 0 Å². The zero-order chi connectivity index (χ0) is 15.8. The van der Waals surface area contributed by atoms with Gasteiger partial charge in [-0.25, -0.2) is 0 Å². The van der Waals surface area contributed by atoms with Crippen molar-refractivity contribution >= 4 is 5.69 Å². The van der Waals surface area contributed by atoms with Gasteiger partial charge in [-0.1, -0.05) is 0 Å². The van der Waals surface area contributed by atoms with Crippen molar-refractivity contribution in [3.05, 3.63) is 39.9 Å². The topological polar surface area (TPSA) is 122 Å². The quantitative estimate of drug-likeness (QED) is 0.526. The van der Waals surface area contributed by atoms with Crippen LogP contribution in [0.1, 0.15) is 12.5 Å². The lowest BCUT2D eigenvalue weighted by molar-refractivity contribution is -0.385. The Balaban J connectivity index is 2.37. The number of aliphatic hydroxyl groups excluding tert-OH is 2. The van der Waals surface area contributed by atoms with E-state index in [0.29, 0.717) is 0 Å². The van der Waals surface area contributed by atoms with Crippen molar-refractivity contribution in [3.8, 4) is 0 Å². The van der Waals surface area contributed by atoms with Gasteiger partial charge in [0.1, 0.15) is 18.3 Å². The number of ether oxygens (including phenoxy) is 2. The fourth-order valence-corrected chi connectivity index (χ4v) is 2.43. The lowest BCUT2D eigenvalue weighted by atomic mass is 9.88. The molecule has 0 radical (unpaired) electrons. The molecule has 0 aromatic heterocycles. The van der Waals surface area contributed by atoms with Gasteiger partial charge in [-0.3, -0.25) is 10.1 Å². The number of nitro benzene ring substituents is 1. The SMILES string of the molecule is CO[C@@H]1[C@H](O)[C@H](C)O[C@@](O)(c2ccc([N+](=O)[O-])cc2)[C@H]1O. The molecule has 1 aromatic carbocycles. The summed E-state index contributed by atoms with van der Waals surface area (Å²) in [6.07, 6.45) is -4.49. The molecule has 5 atom stereocenters. The molecule has 0 aliphatic carbocycles. The molecule has 1 heterocycles. The number of nitrogens with zero attached hydrogens (tertiary/aromatic N) is 1. The van der Waals surface area contributed by atoms with Gasteiger partial charge in [0.2, 0.25) is 5.79 Å². The largest absolute Gasteiger partial charge is 0.388 e. The van der Waals surface area contributed by atoms with Crippen LogP contribution in [0.15, 0.2) is 24.3 Å². The Morgan fingerprint density at radius 2 is 1.90 bits per heavy atom. The van der Waals surface area contributed by atoms with E-state index in [0.717, 1.165) is 0 Å². The number of aliphatic hydroxyl groups is 3. The average Bonchev–Trinajstić information content (AvgIpc) is 2.46. The van der Waals surface area contributed by atoms with Crippen LogP contribution in [0.5, 0.6) is 0 Å². The lowest BCUT2D eigenvalue weighted by Gasteiger charge is -2.46. The van der Waals surface area contributed by atoms with E-state index in [9.17, 15) is 25.4 Å². The van der Waals surface area contributed by atoms with E-state index in [1.54, 1.807) is 0 Å². The first-order valence-corrected chi connectivity index (χ1v) is 6.35. The normalized spacial score (nSPS) is 36.4. The average molecular weight is 299 g/mol. The van der Waals surface area contributed by atoms with Crippen molar-refractivity contribution in [2.45, 2.75) is 37.1 Å². The minimum absolute atomic E-state index is 0.140. The smallest absolute Gasteiger partial charge is 0.269 e. The lowest BCUT2D eigenvalue weighted by Crippen LogP contribution is -2.62. The van der Waals surface area contributed by atoms with Crippen LogP contribution in [-0.2, 0) is 15.3 Å². The third-order valence-corrected chi connectivity index (χ3v) is 3.66. The number of hydrogen-bond acceptors (Lipinski definition) is 7. The summed E-state index contributed by atoms with van der Waals surface area (Å²) in [5.74, 6) is -2.12. The second kappa shape index (κ2) is 5.66. The molecule has 0 unspecified atom stereocenters. The van der Waals surface area contributed by atoms with E-state index in [-0.39, 0.29) is 11.3 Å². The molecule has 2 rings (SSSR count). The van der Waals surface area contributed by atoms with Crippen molar-refractivity contribution in [1.29, 1.82) is 0 Å². The van der Waals surface area contributed by atoms with E-state index in [1.165, 1.54) is 38.3 Å². The molecule has 8 heteroatoms. The van der Waals surface area contributed by atoms with Gasteiger partial charge in [-0.2, -0.15) is 0 Å². The fourth-order valence-electron chi connectivity index (χ4n) is 2.43. The molecule has 8 nitrogen and oxygen atoms in total. The van der Waals surface area contributed by atoms with Gasteiger partial charge in [-0.15, -0.1) is 0 Å². The maximum Gasteiger partial charge on any atom is 0.269 e. The van der Waals surface area contributed by atoms with Gasteiger partial charge >= 0.3 is 0 Å². The standard InChI is InChI=1S/C13H17NO7/c1-7-10(15)11(20-2)12(16)13(17,21-7)8-3-5-9(6-4-8)14(18)19/h3-7,10-12,15-17H,1-2H3/t7-,10+,11+,12-,13-/m0/s1.